The predicted octanol–water partition coefficient (Wildman–Crippen LogP) is 4.99. The molecule has 1 saturated carbocycles. The first-order chi connectivity index (χ1) is 20.6. The van der Waals surface area contributed by atoms with Crippen molar-refractivity contribution in [3.63, 3.8) is 0 Å². The molecule has 2 saturated heterocycles. The van der Waals surface area contributed by atoms with Gasteiger partial charge in [0.25, 0.3) is 5.91 Å². The van der Waals surface area contributed by atoms with E-state index in [0.29, 0.717) is 11.4 Å². The second kappa shape index (κ2) is 10.8. The van der Waals surface area contributed by atoms with Crippen molar-refractivity contribution < 1.29 is 23.8 Å². The minimum Gasteiger partial charge on any atom is -0.350 e. The highest BCUT2D eigenvalue weighted by atomic mass is 79.9. The molecule has 7 rings (SSSR count). The van der Waals surface area contributed by atoms with Crippen LogP contribution in [0.2, 0.25) is 0 Å². The fourth-order valence-corrected chi connectivity index (χ4v) is 7.12. The largest absolute Gasteiger partial charge is 0.350 e. The first kappa shape index (κ1) is 28.6. The number of fused-ring (bicyclic) bond motifs is 5. The maximum absolute atomic E-state index is 14.8. The van der Waals surface area contributed by atoms with Gasteiger partial charge in [-0.3, -0.25) is 9.59 Å². The van der Waals surface area contributed by atoms with E-state index >= 15 is 0 Å². The van der Waals surface area contributed by atoms with Crippen LogP contribution in [0.15, 0.2) is 59.1 Å². The number of carbonyl (C=O) groups is 2. The quantitative estimate of drug-likeness (QED) is 0.424. The fourth-order valence-electron chi connectivity index (χ4n) is 6.86. The summed E-state index contributed by atoms with van der Waals surface area (Å²) in [6, 6.07) is 15.7. The standard InChI is InChI=1S/C32H36BrN5O5/c1-31(2,3)34-28(39)25-26-24(27-30(41-26)43-32(42-27)16-8-5-9-17-32)38-23(22(35-36-38)20-10-6-4-7-11-20)29(40)37(25)18-19-12-14-21(33)15-13-19/h4,6-7,10-15,24-27,30H,5,8-9,16-18H2,1-3H3,(H,34,39)/t24-,25+,26-,27+,30+/m0/s1. The molecule has 1 aromatic heterocycles. The first-order valence-corrected chi connectivity index (χ1v) is 15.8. The van der Waals surface area contributed by atoms with Gasteiger partial charge in [-0.25, -0.2) is 4.68 Å². The van der Waals surface area contributed by atoms with Crippen molar-refractivity contribution >= 4 is 27.7 Å². The van der Waals surface area contributed by atoms with E-state index in [0.717, 1.165) is 47.7 Å². The minimum absolute atomic E-state index is 0.182. The predicted molar refractivity (Wildman–Crippen MR) is 161 cm³/mol. The molecule has 0 radical (unpaired) electrons. The van der Waals surface area contributed by atoms with E-state index in [9.17, 15) is 9.59 Å². The molecule has 10 nitrogen and oxygen atoms in total. The van der Waals surface area contributed by atoms with Gasteiger partial charge in [-0.2, -0.15) is 0 Å². The molecule has 1 spiro atoms. The SMILES string of the molecule is CC(C)(C)NC(=O)[C@H]1[C@H]2O[C@@H]3OC4(CCCCC4)O[C@@H]3[C@H]2n2nnc(-c3ccccc3)c2C(=O)N1Cc1ccc(Br)cc1. The van der Waals surface area contributed by atoms with E-state index in [2.05, 4.69) is 31.6 Å². The number of halogens is 1. The maximum atomic E-state index is 14.8. The lowest BCUT2D eigenvalue weighted by molar-refractivity contribution is -0.244. The Kier molecular flexibility index (Phi) is 7.19. The van der Waals surface area contributed by atoms with Crippen molar-refractivity contribution in [1.82, 2.24) is 25.2 Å². The van der Waals surface area contributed by atoms with Crippen LogP contribution in [-0.4, -0.2) is 67.6 Å². The van der Waals surface area contributed by atoms with Gasteiger partial charge in [-0.15, -0.1) is 5.10 Å². The van der Waals surface area contributed by atoms with Crippen molar-refractivity contribution in [2.24, 2.45) is 0 Å². The molecule has 3 aromatic rings. The molecule has 43 heavy (non-hydrogen) atoms. The highest BCUT2D eigenvalue weighted by Gasteiger charge is 2.64. The number of nitrogens with one attached hydrogen (secondary N) is 1. The third-order valence-corrected chi connectivity index (χ3v) is 9.23. The molecule has 2 amide bonds. The van der Waals surface area contributed by atoms with Crippen LogP contribution in [0.3, 0.4) is 0 Å². The summed E-state index contributed by atoms with van der Waals surface area (Å²) in [7, 11) is 0. The molecule has 0 bridgehead atoms. The molecule has 4 aliphatic rings. The lowest BCUT2D eigenvalue weighted by Crippen LogP contribution is -2.58. The topological polar surface area (TPSA) is 108 Å². The number of benzene rings is 2. The van der Waals surface area contributed by atoms with Crippen molar-refractivity contribution in [2.75, 3.05) is 0 Å². The molecular formula is C32H36BrN5O5. The highest BCUT2D eigenvalue weighted by molar-refractivity contribution is 9.10. The van der Waals surface area contributed by atoms with Crippen LogP contribution in [0.25, 0.3) is 11.3 Å². The third-order valence-electron chi connectivity index (χ3n) is 8.70. The van der Waals surface area contributed by atoms with Crippen LogP contribution in [0.4, 0.5) is 0 Å². The summed E-state index contributed by atoms with van der Waals surface area (Å²) < 4.78 is 22.5. The Morgan fingerprint density at radius 2 is 1.74 bits per heavy atom. The summed E-state index contributed by atoms with van der Waals surface area (Å²) in [5.41, 5.74) is 1.86. The molecule has 3 fully saturated rings. The molecule has 0 unspecified atom stereocenters. The average Bonchev–Trinajstić information content (AvgIpc) is 3.62. The Balaban J connectivity index is 1.38. The van der Waals surface area contributed by atoms with Gasteiger partial charge >= 0.3 is 0 Å². The third kappa shape index (κ3) is 5.20. The van der Waals surface area contributed by atoms with Crippen molar-refractivity contribution in [3.8, 4) is 11.3 Å². The number of amides is 2. The van der Waals surface area contributed by atoms with Gasteiger partial charge in [-0.1, -0.05) is 70.0 Å². The molecule has 11 heteroatoms. The van der Waals surface area contributed by atoms with E-state index in [4.69, 9.17) is 14.2 Å². The van der Waals surface area contributed by atoms with E-state index in [1.165, 1.54) is 0 Å². The van der Waals surface area contributed by atoms with Crippen LogP contribution in [0.1, 0.15) is 75.0 Å². The Hall–Kier alpha value is -3.12. The van der Waals surface area contributed by atoms with Gasteiger partial charge in [0.05, 0.1) is 0 Å². The van der Waals surface area contributed by atoms with Crippen LogP contribution >= 0.6 is 15.9 Å². The second-order valence-electron chi connectivity index (χ2n) is 13.0. The smallest absolute Gasteiger partial charge is 0.275 e. The van der Waals surface area contributed by atoms with Crippen molar-refractivity contribution in [2.45, 2.75) is 101 Å². The Morgan fingerprint density at radius 1 is 1.02 bits per heavy atom. The van der Waals surface area contributed by atoms with Crippen LogP contribution < -0.4 is 5.32 Å². The van der Waals surface area contributed by atoms with Crippen molar-refractivity contribution in [1.29, 1.82) is 0 Å². The fraction of sp³-hybridized carbons (Fsp3) is 0.500. The highest BCUT2D eigenvalue weighted by Crippen LogP contribution is 2.51. The number of ether oxygens (including phenoxy) is 3. The van der Waals surface area contributed by atoms with Crippen LogP contribution in [0, 0.1) is 0 Å². The summed E-state index contributed by atoms with van der Waals surface area (Å²) in [5, 5.41) is 12.2. The molecule has 1 N–H and O–H groups in total. The van der Waals surface area contributed by atoms with Gasteiger partial charge < -0.3 is 24.4 Å². The van der Waals surface area contributed by atoms with Gasteiger partial charge in [-0.05, 0) is 51.3 Å². The van der Waals surface area contributed by atoms with Crippen molar-refractivity contribution in [3.05, 3.63) is 70.3 Å². The maximum Gasteiger partial charge on any atom is 0.275 e. The molecular weight excluding hydrogens is 614 g/mol. The lowest BCUT2D eigenvalue weighted by Gasteiger charge is -2.37. The number of rotatable bonds is 4. The average molecular weight is 651 g/mol. The zero-order valence-electron chi connectivity index (χ0n) is 24.5. The van der Waals surface area contributed by atoms with E-state index in [-0.39, 0.29) is 18.4 Å². The summed E-state index contributed by atoms with van der Waals surface area (Å²) in [4.78, 5) is 30.6. The molecule has 5 atom stereocenters. The summed E-state index contributed by atoms with van der Waals surface area (Å²) in [6.07, 6.45) is 2.68. The molecule has 4 heterocycles. The van der Waals surface area contributed by atoms with Crippen LogP contribution in [-0.2, 0) is 25.5 Å². The molecule has 226 valence electrons. The molecule has 1 aliphatic carbocycles. The lowest BCUT2D eigenvalue weighted by atomic mass is 9.94. The van der Waals surface area contributed by atoms with E-state index < -0.39 is 41.9 Å². The van der Waals surface area contributed by atoms with E-state index in [1.54, 1.807) is 9.58 Å². The van der Waals surface area contributed by atoms with Gasteiger partial charge in [0.15, 0.2) is 17.8 Å². The monoisotopic (exact) mass is 649 g/mol. The summed E-state index contributed by atoms with van der Waals surface area (Å²) >= 11 is 3.50. The van der Waals surface area contributed by atoms with Gasteiger partial charge in [0.1, 0.15) is 30.0 Å². The second-order valence-corrected chi connectivity index (χ2v) is 13.9. The number of hydrogen-bond donors (Lipinski definition) is 1. The van der Waals surface area contributed by atoms with Gasteiger partial charge in [0.2, 0.25) is 5.91 Å². The Bertz CT molecular complexity index is 1520. The Morgan fingerprint density at radius 3 is 2.44 bits per heavy atom. The number of aromatic nitrogens is 3. The summed E-state index contributed by atoms with van der Waals surface area (Å²) in [5.74, 6) is -1.38. The minimum atomic E-state index is -0.981. The first-order valence-electron chi connectivity index (χ1n) is 15.0. The zero-order chi connectivity index (χ0) is 29.9. The number of hydrogen-bond acceptors (Lipinski definition) is 7. The van der Waals surface area contributed by atoms with E-state index in [1.807, 2.05) is 75.4 Å². The number of carbonyl (C=O) groups excluding carboxylic acids is 2. The van der Waals surface area contributed by atoms with Gasteiger partial charge in [0, 0.05) is 35.0 Å². The Labute approximate surface area is 259 Å². The normalized spacial score (nSPS) is 27.9. The summed E-state index contributed by atoms with van der Waals surface area (Å²) in [6.45, 7) is 5.95. The zero-order valence-corrected chi connectivity index (χ0v) is 26.1. The number of nitrogens with zero attached hydrogens (tertiary/aromatic N) is 4. The molecule has 2 aromatic carbocycles. The molecule has 3 aliphatic heterocycles. The van der Waals surface area contributed by atoms with Crippen LogP contribution in [0.5, 0.6) is 0 Å².